The molecule has 0 atom stereocenters. The molecule has 1 heterocycles. The molecular formula is C3H6O2Si. The summed E-state index contributed by atoms with van der Waals surface area (Å²) in [5, 5.41) is 0. The topological polar surface area (TPSA) is 18.5 Å². The van der Waals surface area contributed by atoms with Crippen molar-refractivity contribution in [3.8, 4) is 0 Å². The van der Waals surface area contributed by atoms with Crippen molar-refractivity contribution >= 4 is 11.0 Å². The highest BCUT2D eigenvalue weighted by molar-refractivity contribution is 5.75. The Balaban J connectivity index is 0.000000250. The van der Waals surface area contributed by atoms with E-state index in [2.05, 4.69) is 0 Å². The van der Waals surface area contributed by atoms with Crippen LogP contribution >= 0.6 is 0 Å². The van der Waals surface area contributed by atoms with Crippen LogP contribution in [0.15, 0.2) is 0 Å². The molecule has 1 aliphatic rings. The van der Waals surface area contributed by atoms with Crippen molar-refractivity contribution < 1.29 is 9.47 Å². The van der Waals surface area contributed by atoms with Crippen LogP contribution in [0.5, 0.6) is 0 Å². The van der Waals surface area contributed by atoms with Gasteiger partial charge in [-0.2, -0.15) is 0 Å². The first-order valence-electron chi connectivity index (χ1n) is 1.65. The molecule has 0 aliphatic carbocycles. The summed E-state index contributed by atoms with van der Waals surface area (Å²) < 4.78 is 9.44. The van der Waals surface area contributed by atoms with E-state index < -0.39 is 0 Å². The van der Waals surface area contributed by atoms with Gasteiger partial charge in [-0.1, -0.05) is 0 Å². The Morgan fingerprint density at radius 2 is 1.50 bits per heavy atom. The van der Waals surface area contributed by atoms with Crippen LogP contribution in [0.25, 0.3) is 0 Å². The maximum atomic E-state index is 4.72. The number of rotatable bonds is 0. The van der Waals surface area contributed by atoms with Crippen molar-refractivity contribution in [2.45, 2.75) is 0 Å². The predicted molar refractivity (Wildman–Crippen MR) is 22.5 cm³/mol. The molecule has 2 nitrogen and oxygen atoms in total. The van der Waals surface area contributed by atoms with Gasteiger partial charge in [0, 0.05) is 11.0 Å². The zero-order valence-electron chi connectivity index (χ0n) is 3.44. The van der Waals surface area contributed by atoms with Crippen LogP contribution in [0.2, 0.25) is 0 Å². The van der Waals surface area contributed by atoms with Gasteiger partial charge in [0.25, 0.3) is 0 Å². The molecule has 0 aromatic carbocycles. The molecular weight excluding hydrogens is 96.1 g/mol. The van der Waals surface area contributed by atoms with Crippen LogP contribution in [-0.2, 0) is 9.47 Å². The monoisotopic (exact) mass is 102 g/mol. The summed E-state index contributed by atoms with van der Waals surface area (Å²) in [6.45, 7) is 2.06. The van der Waals surface area contributed by atoms with Gasteiger partial charge in [0.1, 0.15) is 6.79 Å². The molecule has 0 unspecified atom stereocenters. The molecule has 0 spiro atoms. The van der Waals surface area contributed by atoms with Crippen molar-refractivity contribution in [2.75, 3.05) is 20.0 Å². The molecule has 1 saturated heterocycles. The van der Waals surface area contributed by atoms with E-state index in [0.29, 0.717) is 6.79 Å². The fourth-order valence-electron chi connectivity index (χ4n) is 0.295. The second-order valence-corrected chi connectivity index (χ2v) is 0.934. The van der Waals surface area contributed by atoms with E-state index in [9.17, 15) is 0 Å². The van der Waals surface area contributed by atoms with Gasteiger partial charge >= 0.3 is 0 Å². The highest BCUT2D eigenvalue weighted by atomic mass is 28.1. The van der Waals surface area contributed by atoms with Crippen LogP contribution in [0.3, 0.4) is 0 Å². The third-order valence-corrected chi connectivity index (χ3v) is 0.539. The Labute approximate surface area is 41.5 Å². The number of hydrogen-bond donors (Lipinski definition) is 0. The Morgan fingerprint density at radius 1 is 1.00 bits per heavy atom. The lowest BCUT2D eigenvalue weighted by Crippen LogP contribution is -1.79. The number of hydrogen-bond acceptors (Lipinski definition) is 2. The molecule has 0 N–H and O–H groups in total. The van der Waals surface area contributed by atoms with Crippen molar-refractivity contribution in [3.05, 3.63) is 0 Å². The molecule has 6 heavy (non-hydrogen) atoms. The smallest absolute Gasteiger partial charge is 0.146 e. The summed E-state index contributed by atoms with van der Waals surface area (Å²) in [5.41, 5.74) is 0. The normalized spacial score (nSPS) is 20.0. The van der Waals surface area contributed by atoms with E-state index in [1.165, 1.54) is 0 Å². The third kappa shape index (κ3) is 1.54. The van der Waals surface area contributed by atoms with Crippen LogP contribution < -0.4 is 0 Å². The lowest BCUT2D eigenvalue weighted by atomic mass is 10.8. The van der Waals surface area contributed by atoms with Crippen LogP contribution in [0, 0.1) is 0 Å². The van der Waals surface area contributed by atoms with E-state index >= 15 is 0 Å². The predicted octanol–water partition coefficient (Wildman–Crippen LogP) is -0.390. The van der Waals surface area contributed by atoms with Gasteiger partial charge < -0.3 is 9.47 Å². The largest absolute Gasteiger partial charge is 0.353 e. The van der Waals surface area contributed by atoms with Crippen LogP contribution in [-0.4, -0.2) is 31.0 Å². The fraction of sp³-hybridized carbons (Fsp3) is 1.00. The fourth-order valence-corrected chi connectivity index (χ4v) is 0.295. The molecule has 0 saturated carbocycles. The highest BCUT2D eigenvalue weighted by Gasteiger charge is 1.93. The van der Waals surface area contributed by atoms with Crippen LogP contribution in [0.4, 0.5) is 0 Å². The van der Waals surface area contributed by atoms with Gasteiger partial charge in [0.15, 0.2) is 0 Å². The lowest BCUT2D eigenvalue weighted by Gasteiger charge is -1.76. The zero-order valence-corrected chi connectivity index (χ0v) is 4.44. The SMILES string of the molecule is C1COCO1.[Si]. The Morgan fingerprint density at radius 3 is 1.67 bits per heavy atom. The van der Waals surface area contributed by atoms with E-state index in [1.54, 1.807) is 0 Å². The summed E-state index contributed by atoms with van der Waals surface area (Å²) in [6.07, 6.45) is 0. The average molecular weight is 102 g/mol. The first-order valence-corrected chi connectivity index (χ1v) is 1.65. The van der Waals surface area contributed by atoms with E-state index in [1.807, 2.05) is 0 Å². The summed E-state index contributed by atoms with van der Waals surface area (Å²) in [5.74, 6) is 0. The molecule has 3 heteroatoms. The number of ether oxygens (including phenoxy) is 2. The first kappa shape index (κ1) is 6.14. The van der Waals surface area contributed by atoms with Gasteiger partial charge in [-0.15, -0.1) is 0 Å². The van der Waals surface area contributed by atoms with Crippen molar-refractivity contribution in [3.63, 3.8) is 0 Å². The molecule has 1 aliphatic heterocycles. The minimum Gasteiger partial charge on any atom is -0.353 e. The molecule has 0 bridgehead atoms. The molecule has 0 aromatic rings. The second kappa shape index (κ2) is 3.33. The molecule has 0 amide bonds. The average Bonchev–Trinajstić information content (AvgIpc) is 1.76. The summed E-state index contributed by atoms with van der Waals surface area (Å²) >= 11 is 0. The summed E-state index contributed by atoms with van der Waals surface area (Å²) in [6, 6.07) is 0. The van der Waals surface area contributed by atoms with Gasteiger partial charge in [-0.3, -0.25) is 0 Å². The van der Waals surface area contributed by atoms with Crippen molar-refractivity contribution in [1.29, 1.82) is 0 Å². The molecule has 4 radical (unpaired) electrons. The Hall–Kier alpha value is 0.137. The summed E-state index contributed by atoms with van der Waals surface area (Å²) in [7, 11) is 0. The molecule has 1 fully saturated rings. The van der Waals surface area contributed by atoms with E-state index in [4.69, 9.17) is 9.47 Å². The van der Waals surface area contributed by atoms with Crippen molar-refractivity contribution in [1.82, 2.24) is 0 Å². The molecule has 1 rings (SSSR count). The Bertz CT molecular complexity index is 20.4. The van der Waals surface area contributed by atoms with Gasteiger partial charge in [0.05, 0.1) is 13.2 Å². The van der Waals surface area contributed by atoms with Gasteiger partial charge in [-0.05, 0) is 0 Å². The maximum Gasteiger partial charge on any atom is 0.146 e. The van der Waals surface area contributed by atoms with E-state index in [0.717, 1.165) is 13.2 Å². The first-order chi connectivity index (χ1) is 2.50. The second-order valence-electron chi connectivity index (χ2n) is 0.934. The van der Waals surface area contributed by atoms with E-state index in [-0.39, 0.29) is 11.0 Å². The zero-order chi connectivity index (χ0) is 3.54. The molecule has 0 aromatic heterocycles. The van der Waals surface area contributed by atoms with Crippen molar-refractivity contribution in [2.24, 2.45) is 0 Å². The Kier molecular flexibility index (Phi) is 3.41. The third-order valence-electron chi connectivity index (χ3n) is 0.539. The molecule has 34 valence electrons. The van der Waals surface area contributed by atoms with Gasteiger partial charge in [0.2, 0.25) is 0 Å². The highest BCUT2D eigenvalue weighted by Crippen LogP contribution is 1.85. The summed E-state index contributed by atoms with van der Waals surface area (Å²) in [4.78, 5) is 0. The quantitative estimate of drug-likeness (QED) is 0.388. The minimum absolute atomic E-state index is 0. The standard InChI is InChI=1S/C3H6O2.Si/c1-2-5-3-4-1;/h1-3H2;. The lowest BCUT2D eigenvalue weighted by molar-refractivity contribution is 0.0692. The maximum absolute atomic E-state index is 4.72. The van der Waals surface area contributed by atoms with Gasteiger partial charge in [-0.25, -0.2) is 0 Å². The minimum atomic E-state index is 0. The van der Waals surface area contributed by atoms with Crippen LogP contribution in [0.1, 0.15) is 0 Å².